The number of alkyl carbamates (subject to hydrolysis) is 1. The molecule has 3 N–H and O–H groups in total. The molecule has 2 aromatic rings. The van der Waals surface area contributed by atoms with Crippen molar-refractivity contribution in [1.29, 1.82) is 0 Å². The Labute approximate surface area is 174 Å². The molecule has 30 heavy (non-hydrogen) atoms. The molecule has 1 atom stereocenters. The number of carbonyl (C=O) groups is 3. The van der Waals surface area contributed by atoms with Gasteiger partial charge >= 0.3 is 12.1 Å². The van der Waals surface area contributed by atoms with Gasteiger partial charge in [-0.3, -0.25) is 9.59 Å². The summed E-state index contributed by atoms with van der Waals surface area (Å²) in [5.74, 6) is 2.47. The minimum Gasteiger partial charge on any atom is -0.481 e. The van der Waals surface area contributed by atoms with Gasteiger partial charge < -0.3 is 20.5 Å². The number of aliphatic carboxylic acids is 1. The molecular formula is C23H22N2O5. The SMILES string of the molecule is CC(CNC(=O)C#CCNC(=O)OCC1c2ccccc2-c2ccccc21)C(=O)O. The van der Waals surface area contributed by atoms with Gasteiger partial charge in [0.15, 0.2) is 0 Å². The van der Waals surface area contributed by atoms with E-state index in [9.17, 15) is 14.4 Å². The van der Waals surface area contributed by atoms with Gasteiger partial charge in [0.25, 0.3) is 5.91 Å². The third kappa shape index (κ3) is 4.97. The van der Waals surface area contributed by atoms with Crippen molar-refractivity contribution in [2.45, 2.75) is 12.8 Å². The maximum Gasteiger partial charge on any atom is 0.407 e. The third-order valence-electron chi connectivity index (χ3n) is 4.86. The number of carboxylic acid groups (broad SMARTS) is 1. The number of nitrogens with one attached hydrogen (secondary N) is 2. The summed E-state index contributed by atoms with van der Waals surface area (Å²) < 4.78 is 5.37. The van der Waals surface area contributed by atoms with E-state index in [-0.39, 0.29) is 25.6 Å². The molecular weight excluding hydrogens is 384 g/mol. The van der Waals surface area contributed by atoms with Crippen LogP contribution >= 0.6 is 0 Å². The number of rotatable bonds is 6. The molecule has 1 unspecified atom stereocenters. The largest absolute Gasteiger partial charge is 0.481 e. The first-order chi connectivity index (χ1) is 14.5. The van der Waals surface area contributed by atoms with E-state index in [1.807, 2.05) is 36.4 Å². The molecule has 0 saturated carbocycles. The van der Waals surface area contributed by atoms with Crippen LogP contribution in [0.5, 0.6) is 0 Å². The Morgan fingerprint density at radius 2 is 1.63 bits per heavy atom. The van der Waals surface area contributed by atoms with Crippen LogP contribution in [0, 0.1) is 17.8 Å². The molecule has 0 heterocycles. The molecule has 2 amide bonds. The number of ether oxygens (including phenoxy) is 1. The van der Waals surface area contributed by atoms with Gasteiger partial charge in [-0.1, -0.05) is 61.4 Å². The molecule has 7 heteroatoms. The van der Waals surface area contributed by atoms with Crippen LogP contribution < -0.4 is 10.6 Å². The molecule has 2 aromatic carbocycles. The number of carboxylic acids is 1. The fourth-order valence-corrected chi connectivity index (χ4v) is 3.27. The molecule has 0 aliphatic heterocycles. The number of amides is 2. The number of hydrogen-bond acceptors (Lipinski definition) is 4. The van der Waals surface area contributed by atoms with E-state index in [1.54, 1.807) is 0 Å². The number of fused-ring (bicyclic) bond motifs is 3. The zero-order valence-corrected chi connectivity index (χ0v) is 16.5. The molecule has 0 bridgehead atoms. The molecule has 1 aliphatic carbocycles. The van der Waals surface area contributed by atoms with Gasteiger partial charge in [-0.05, 0) is 28.2 Å². The van der Waals surface area contributed by atoms with Crippen molar-refractivity contribution in [3.8, 4) is 23.0 Å². The second kappa shape index (κ2) is 9.61. The number of carbonyl (C=O) groups excluding carboxylic acids is 2. The molecule has 0 radical (unpaired) electrons. The lowest BCUT2D eigenvalue weighted by molar-refractivity contribution is -0.141. The average molecular weight is 406 g/mol. The summed E-state index contributed by atoms with van der Waals surface area (Å²) in [7, 11) is 0. The maximum atomic E-state index is 12.0. The minimum absolute atomic E-state index is 0.0113. The van der Waals surface area contributed by atoms with Gasteiger partial charge in [0.1, 0.15) is 6.61 Å². The van der Waals surface area contributed by atoms with Crippen molar-refractivity contribution >= 4 is 18.0 Å². The van der Waals surface area contributed by atoms with E-state index in [0.717, 1.165) is 22.3 Å². The lowest BCUT2D eigenvalue weighted by Gasteiger charge is -2.14. The number of benzene rings is 2. The van der Waals surface area contributed by atoms with E-state index in [0.29, 0.717) is 0 Å². The second-order valence-electron chi connectivity index (χ2n) is 6.93. The zero-order chi connectivity index (χ0) is 21.5. The summed E-state index contributed by atoms with van der Waals surface area (Å²) in [5.41, 5.74) is 4.55. The Morgan fingerprint density at radius 1 is 1.03 bits per heavy atom. The predicted molar refractivity (Wildman–Crippen MR) is 111 cm³/mol. The van der Waals surface area contributed by atoms with Crippen LogP contribution in [0.1, 0.15) is 24.0 Å². The summed E-state index contributed by atoms with van der Waals surface area (Å²) in [5, 5.41) is 13.6. The normalized spacial score (nSPS) is 12.6. The molecule has 0 aromatic heterocycles. The Morgan fingerprint density at radius 3 is 2.23 bits per heavy atom. The first-order valence-electron chi connectivity index (χ1n) is 9.55. The van der Waals surface area contributed by atoms with E-state index < -0.39 is 23.9 Å². The van der Waals surface area contributed by atoms with Crippen LogP contribution in [0.4, 0.5) is 4.79 Å². The highest BCUT2D eigenvalue weighted by atomic mass is 16.5. The molecule has 3 rings (SSSR count). The fraction of sp³-hybridized carbons (Fsp3) is 0.261. The van der Waals surface area contributed by atoms with Crippen LogP contribution in [-0.4, -0.2) is 42.8 Å². The van der Waals surface area contributed by atoms with Crippen molar-refractivity contribution < 1.29 is 24.2 Å². The predicted octanol–water partition coefficient (Wildman–Crippen LogP) is 2.37. The van der Waals surface area contributed by atoms with Crippen LogP contribution in [0.2, 0.25) is 0 Å². The van der Waals surface area contributed by atoms with Gasteiger partial charge in [-0.2, -0.15) is 0 Å². The first kappa shape index (κ1) is 20.9. The minimum atomic E-state index is -1.000. The van der Waals surface area contributed by atoms with Gasteiger partial charge in [-0.15, -0.1) is 0 Å². The molecule has 1 aliphatic rings. The highest BCUT2D eigenvalue weighted by Crippen LogP contribution is 2.44. The van der Waals surface area contributed by atoms with E-state index in [2.05, 4.69) is 34.6 Å². The van der Waals surface area contributed by atoms with Crippen molar-refractivity contribution in [2.24, 2.45) is 5.92 Å². The molecule has 154 valence electrons. The molecule has 0 saturated heterocycles. The summed E-state index contributed by atoms with van der Waals surface area (Å²) in [4.78, 5) is 34.2. The molecule has 7 nitrogen and oxygen atoms in total. The van der Waals surface area contributed by atoms with Crippen molar-refractivity contribution in [3.63, 3.8) is 0 Å². The Hall–Kier alpha value is -3.79. The van der Waals surface area contributed by atoms with Gasteiger partial charge in [0, 0.05) is 12.5 Å². The smallest absolute Gasteiger partial charge is 0.407 e. The fourth-order valence-electron chi connectivity index (χ4n) is 3.27. The topological polar surface area (TPSA) is 105 Å². The van der Waals surface area contributed by atoms with Gasteiger partial charge in [0.2, 0.25) is 0 Å². The number of hydrogen-bond donors (Lipinski definition) is 3. The highest BCUT2D eigenvalue weighted by Gasteiger charge is 2.28. The molecule has 0 fully saturated rings. The summed E-state index contributed by atoms with van der Waals surface area (Å²) in [6.07, 6.45) is -0.619. The molecule has 0 spiro atoms. The Balaban J connectivity index is 1.47. The maximum absolute atomic E-state index is 12.0. The Kier molecular flexibility index (Phi) is 6.71. The average Bonchev–Trinajstić information content (AvgIpc) is 3.07. The summed E-state index contributed by atoms with van der Waals surface area (Å²) in [6.45, 7) is 1.61. The van der Waals surface area contributed by atoms with Gasteiger partial charge in [0.05, 0.1) is 12.5 Å². The second-order valence-corrected chi connectivity index (χ2v) is 6.93. The van der Waals surface area contributed by atoms with Gasteiger partial charge in [-0.25, -0.2) is 4.79 Å². The van der Waals surface area contributed by atoms with E-state index >= 15 is 0 Å². The lowest BCUT2D eigenvalue weighted by Crippen LogP contribution is -2.31. The van der Waals surface area contributed by atoms with Crippen LogP contribution in [0.25, 0.3) is 11.1 Å². The van der Waals surface area contributed by atoms with Crippen molar-refractivity contribution in [3.05, 3.63) is 59.7 Å². The summed E-state index contributed by atoms with van der Waals surface area (Å²) in [6, 6.07) is 16.1. The lowest BCUT2D eigenvalue weighted by atomic mass is 9.98. The third-order valence-corrected chi connectivity index (χ3v) is 4.86. The van der Waals surface area contributed by atoms with Crippen molar-refractivity contribution in [1.82, 2.24) is 10.6 Å². The zero-order valence-electron chi connectivity index (χ0n) is 16.5. The quantitative estimate of drug-likeness (QED) is 0.639. The van der Waals surface area contributed by atoms with Crippen LogP contribution in [0.15, 0.2) is 48.5 Å². The first-order valence-corrected chi connectivity index (χ1v) is 9.55. The van der Waals surface area contributed by atoms with Crippen LogP contribution in [-0.2, 0) is 14.3 Å². The van der Waals surface area contributed by atoms with Crippen LogP contribution in [0.3, 0.4) is 0 Å². The highest BCUT2D eigenvalue weighted by molar-refractivity contribution is 5.93. The standard InChI is InChI=1S/C23H22N2O5/c1-15(22(27)28)13-25-21(26)11-6-12-24-23(29)30-14-20-18-9-4-2-7-16(18)17-8-3-5-10-19(17)20/h2-5,7-10,15,20H,12-14H2,1H3,(H,24,29)(H,25,26)(H,27,28). The monoisotopic (exact) mass is 406 g/mol. The summed E-state index contributed by atoms with van der Waals surface area (Å²) >= 11 is 0. The van der Waals surface area contributed by atoms with Crippen molar-refractivity contribution in [2.75, 3.05) is 19.7 Å². The Bertz CT molecular complexity index is 976. The van der Waals surface area contributed by atoms with E-state index in [4.69, 9.17) is 9.84 Å². The van der Waals surface area contributed by atoms with E-state index in [1.165, 1.54) is 6.92 Å².